The van der Waals surface area contributed by atoms with Crippen molar-refractivity contribution < 1.29 is 9.53 Å². The van der Waals surface area contributed by atoms with Crippen LogP contribution in [0.25, 0.3) is 0 Å². The first kappa shape index (κ1) is 18.7. The number of piperidine rings is 1. The molecular weight excluding hydrogens is 302 g/mol. The van der Waals surface area contributed by atoms with Gasteiger partial charge in [-0.25, -0.2) is 9.78 Å². The van der Waals surface area contributed by atoms with Gasteiger partial charge in [0.1, 0.15) is 11.4 Å². The topological polar surface area (TPSA) is 54.5 Å². The summed E-state index contributed by atoms with van der Waals surface area (Å²) in [6.07, 6.45) is 6.04. The number of hydrogen-bond acceptors (Lipinski definition) is 4. The van der Waals surface area contributed by atoms with Crippen LogP contribution in [-0.2, 0) is 11.2 Å². The third kappa shape index (κ3) is 6.87. The van der Waals surface area contributed by atoms with Crippen molar-refractivity contribution in [3.63, 3.8) is 0 Å². The maximum Gasteiger partial charge on any atom is 0.413 e. The molecule has 1 aromatic heterocycles. The van der Waals surface area contributed by atoms with Gasteiger partial charge < -0.3 is 9.64 Å². The van der Waals surface area contributed by atoms with E-state index in [9.17, 15) is 4.79 Å². The molecule has 1 aromatic rings. The van der Waals surface area contributed by atoms with Crippen molar-refractivity contribution in [2.45, 2.75) is 59.0 Å². The third-order valence-electron chi connectivity index (χ3n) is 4.27. The van der Waals surface area contributed by atoms with Crippen molar-refractivity contribution in [2.75, 3.05) is 25.0 Å². The number of likely N-dealkylation sites (tertiary alicyclic amines) is 1. The fraction of sp³-hybridized carbons (Fsp3) is 0.684. The molecule has 0 saturated carbocycles. The van der Waals surface area contributed by atoms with Crippen molar-refractivity contribution in [3.8, 4) is 0 Å². The molecule has 5 nitrogen and oxygen atoms in total. The second-order valence-electron chi connectivity index (χ2n) is 7.80. The summed E-state index contributed by atoms with van der Waals surface area (Å²) >= 11 is 0. The Balaban J connectivity index is 1.77. The second kappa shape index (κ2) is 8.47. The number of ether oxygens (including phenoxy) is 1. The number of carbonyl (C=O) groups excluding carboxylic acids is 1. The summed E-state index contributed by atoms with van der Waals surface area (Å²) in [5, 5.41) is 2.70. The first-order valence-corrected chi connectivity index (χ1v) is 8.99. The zero-order chi connectivity index (χ0) is 17.6. The molecule has 1 fully saturated rings. The number of pyridine rings is 1. The Kier molecular flexibility index (Phi) is 6.60. The number of nitrogens with zero attached hydrogens (tertiary/aromatic N) is 2. The van der Waals surface area contributed by atoms with Gasteiger partial charge in [-0.2, -0.15) is 0 Å². The van der Waals surface area contributed by atoms with Gasteiger partial charge >= 0.3 is 6.09 Å². The van der Waals surface area contributed by atoms with Gasteiger partial charge in [-0.1, -0.05) is 6.92 Å². The van der Waals surface area contributed by atoms with Crippen LogP contribution >= 0.6 is 0 Å². The first-order chi connectivity index (χ1) is 11.3. The van der Waals surface area contributed by atoms with E-state index in [1.54, 1.807) is 6.20 Å². The average molecular weight is 333 g/mol. The lowest BCUT2D eigenvalue weighted by atomic mass is 9.99. The molecular formula is C19H31N3O2. The molecule has 1 amide bonds. The van der Waals surface area contributed by atoms with Crippen molar-refractivity contribution in [2.24, 2.45) is 5.92 Å². The minimum Gasteiger partial charge on any atom is -0.444 e. The fourth-order valence-electron chi connectivity index (χ4n) is 2.90. The van der Waals surface area contributed by atoms with Crippen LogP contribution in [0.5, 0.6) is 0 Å². The van der Waals surface area contributed by atoms with Crippen LogP contribution in [0.3, 0.4) is 0 Å². The molecule has 0 bridgehead atoms. The summed E-state index contributed by atoms with van der Waals surface area (Å²) < 4.78 is 5.25. The lowest BCUT2D eigenvalue weighted by molar-refractivity contribution is 0.0635. The second-order valence-corrected chi connectivity index (χ2v) is 7.80. The van der Waals surface area contributed by atoms with Crippen molar-refractivity contribution >= 4 is 11.9 Å². The Bertz CT molecular complexity index is 532. The van der Waals surface area contributed by atoms with E-state index >= 15 is 0 Å². The predicted molar refractivity (Wildman–Crippen MR) is 97.3 cm³/mol. The summed E-state index contributed by atoms with van der Waals surface area (Å²) in [6.45, 7) is 11.5. The maximum atomic E-state index is 11.8. The minimum atomic E-state index is -0.506. The van der Waals surface area contributed by atoms with E-state index in [1.807, 2.05) is 32.9 Å². The van der Waals surface area contributed by atoms with Crippen LogP contribution < -0.4 is 5.32 Å². The standard InChI is InChI=1S/C19H31N3O2/c1-15-8-12-22(13-9-15)11-5-6-16-7-10-20-17(14-16)21-18(23)24-19(2,3)4/h7,10,14-15H,5-6,8-9,11-13H2,1-4H3,(H,20,21,23). The summed E-state index contributed by atoms with van der Waals surface area (Å²) in [5.74, 6) is 1.43. The molecule has 1 saturated heterocycles. The Labute approximate surface area is 145 Å². The van der Waals surface area contributed by atoms with Crippen LogP contribution in [0.4, 0.5) is 10.6 Å². The quantitative estimate of drug-likeness (QED) is 0.881. The fourth-order valence-corrected chi connectivity index (χ4v) is 2.90. The molecule has 1 aliphatic rings. The molecule has 0 spiro atoms. The highest BCUT2D eigenvalue weighted by atomic mass is 16.6. The summed E-state index contributed by atoms with van der Waals surface area (Å²) in [5.41, 5.74) is 0.689. The van der Waals surface area contributed by atoms with E-state index in [-0.39, 0.29) is 0 Å². The summed E-state index contributed by atoms with van der Waals surface area (Å²) in [7, 11) is 0. The van der Waals surface area contributed by atoms with Crippen LogP contribution in [0, 0.1) is 5.92 Å². The third-order valence-corrected chi connectivity index (χ3v) is 4.27. The summed E-state index contributed by atoms with van der Waals surface area (Å²) in [4.78, 5) is 18.6. The van der Waals surface area contributed by atoms with Gasteiger partial charge in [0.15, 0.2) is 0 Å². The van der Waals surface area contributed by atoms with E-state index in [4.69, 9.17) is 4.74 Å². The Hall–Kier alpha value is -1.62. The van der Waals surface area contributed by atoms with E-state index in [1.165, 1.54) is 31.5 Å². The molecule has 24 heavy (non-hydrogen) atoms. The highest BCUT2D eigenvalue weighted by Gasteiger charge is 2.17. The van der Waals surface area contributed by atoms with Gasteiger partial charge in [-0.3, -0.25) is 5.32 Å². The van der Waals surface area contributed by atoms with E-state index in [0.29, 0.717) is 5.82 Å². The van der Waals surface area contributed by atoms with Gasteiger partial charge in [0.05, 0.1) is 0 Å². The molecule has 0 radical (unpaired) electrons. The smallest absolute Gasteiger partial charge is 0.413 e. The van der Waals surface area contributed by atoms with Gasteiger partial charge in [0.25, 0.3) is 0 Å². The van der Waals surface area contributed by atoms with Crippen LogP contribution in [-0.4, -0.2) is 41.2 Å². The molecule has 0 aromatic carbocycles. The van der Waals surface area contributed by atoms with Crippen LogP contribution in [0.2, 0.25) is 0 Å². The van der Waals surface area contributed by atoms with Gasteiger partial charge in [-0.15, -0.1) is 0 Å². The van der Waals surface area contributed by atoms with Gasteiger partial charge in [-0.05, 0) is 89.7 Å². The number of hydrogen-bond donors (Lipinski definition) is 1. The van der Waals surface area contributed by atoms with Crippen molar-refractivity contribution in [3.05, 3.63) is 23.9 Å². The lowest BCUT2D eigenvalue weighted by Gasteiger charge is -2.30. The predicted octanol–water partition coefficient (Wildman–Crippen LogP) is 4.09. The minimum absolute atomic E-state index is 0.463. The monoisotopic (exact) mass is 333 g/mol. The molecule has 134 valence electrons. The Morgan fingerprint density at radius 2 is 2.08 bits per heavy atom. The zero-order valence-corrected chi connectivity index (χ0v) is 15.5. The summed E-state index contributed by atoms with van der Waals surface area (Å²) in [6, 6.07) is 3.95. The largest absolute Gasteiger partial charge is 0.444 e. The SMILES string of the molecule is CC1CCN(CCCc2ccnc(NC(=O)OC(C)(C)C)c2)CC1. The number of aryl methyl sites for hydroxylation is 1. The van der Waals surface area contributed by atoms with Crippen molar-refractivity contribution in [1.29, 1.82) is 0 Å². The lowest BCUT2D eigenvalue weighted by Crippen LogP contribution is -2.33. The number of nitrogens with one attached hydrogen (secondary N) is 1. The Morgan fingerprint density at radius 3 is 2.75 bits per heavy atom. The zero-order valence-electron chi connectivity index (χ0n) is 15.5. The number of rotatable bonds is 5. The molecule has 5 heteroatoms. The first-order valence-electron chi connectivity index (χ1n) is 8.99. The molecule has 0 aliphatic carbocycles. The highest BCUT2D eigenvalue weighted by Crippen LogP contribution is 2.17. The van der Waals surface area contributed by atoms with Gasteiger partial charge in [0.2, 0.25) is 0 Å². The molecule has 2 rings (SSSR count). The molecule has 1 N–H and O–H groups in total. The van der Waals surface area contributed by atoms with E-state index < -0.39 is 11.7 Å². The molecule has 0 atom stereocenters. The Morgan fingerprint density at radius 1 is 1.38 bits per heavy atom. The number of carbonyl (C=O) groups is 1. The van der Waals surface area contributed by atoms with Crippen LogP contribution in [0.15, 0.2) is 18.3 Å². The number of aromatic nitrogens is 1. The van der Waals surface area contributed by atoms with Gasteiger partial charge in [0, 0.05) is 6.20 Å². The molecule has 0 unspecified atom stereocenters. The number of anilines is 1. The highest BCUT2D eigenvalue weighted by molar-refractivity contribution is 5.83. The average Bonchev–Trinajstić information content (AvgIpc) is 2.48. The molecule has 1 aliphatic heterocycles. The van der Waals surface area contributed by atoms with Crippen LogP contribution in [0.1, 0.15) is 52.5 Å². The van der Waals surface area contributed by atoms with Crippen molar-refractivity contribution in [1.82, 2.24) is 9.88 Å². The number of amides is 1. The normalized spacial score (nSPS) is 16.8. The maximum absolute atomic E-state index is 11.8. The molecule has 2 heterocycles. The van der Waals surface area contributed by atoms with E-state index in [0.717, 1.165) is 25.3 Å². The van der Waals surface area contributed by atoms with E-state index in [2.05, 4.69) is 22.1 Å².